The van der Waals surface area contributed by atoms with Crippen molar-refractivity contribution in [1.82, 2.24) is 5.32 Å². The number of rotatable bonds is 2. The maximum Gasteiger partial charge on any atom is 0.0182 e. The van der Waals surface area contributed by atoms with E-state index in [1.807, 2.05) is 0 Å². The van der Waals surface area contributed by atoms with Gasteiger partial charge in [-0.05, 0) is 26.3 Å². The van der Waals surface area contributed by atoms with Gasteiger partial charge in [-0.3, -0.25) is 0 Å². The van der Waals surface area contributed by atoms with Crippen molar-refractivity contribution in [3.63, 3.8) is 0 Å². The second kappa shape index (κ2) is 2.27. The molecule has 0 spiro atoms. The highest BCUT2D eigenvalue weighted by atomic mass is 15.0. The lowest BCUT2D eigenvalue weighted by molar-refractivity contribution is 0.179. The van der Waals surface area contributed by atoms with Crippen molar-refractivity contribution >= 4 is 0 Å². The van der Waals surface area contributed by atoms with Crippen molar-refractivity contribution in [1.29, 1.82) is 0 Å². The molecule has 0 radical (unpaired) electrons. The summed E-state index contributed by atoms with van der Waals surface area (Å²) in [7, 11) is 0. The van der Waals surface area contributed by atoms with Crippen molar-refractivity contribution in [2.75, 3.05) is 6.54 Å². The minimum Gasteiger partial charge on any atom is -0.328 e. The van der Waals surface area contributed by atoms with Crippen LogP contribution in [0.15, 0.2) is 0 Å². The van der Waals surface area contributed by atoms with Gasteiger partial charge in [0.1, 0.15) is 0 Å². The summed E-state index contributed by atoms with van der Waals surface area (Å²) in [4.78, 5) is 0. The first kappa shape index (κ1) is 7.03. The van der Waals surface area contributed by atoms with Crippen LogP contribution < -0.4 is 11.1 Å². The molecule has 1 saturated carbocycles. The van der Waals surface area contributed by atoms with Gasteiger partial charge in [0.15, 0.2) is 0 Å². The minimum atomic E-state index is 0.369. The van der Waals surface area contributed by atoms with Crippen LogP contribution in [0, 0.1) is 0 Å². The lowest BCUT2D eigenvalue weighted by atomic mass is 9.74. The maximum atomic E-state index is 5.64. The summed E-state index contributed by atoms with van der Waals surface area (Å²) in [6.07, 6.45) is 2.28. The molecule has 0 unspecified atom stereocenters. The van der Waals surface area contributed by atoms with E-state index in [9.17, 15) is 0 Å². The quantitative estimate of drug-likeness (QED) is 0.567. The zero-order chi connectivity index (χ0) is 6.91. The largest absolute Gasteiger partial charge is 0.328 e. The van der Waals surface area contributed by atoms with Gasteiger partial charge in [-0.15, -0.1) is 0 Å². The van der Waals surface area contributed by atoms with Crippen LogP contribution in [0.5, 0.6) is 0 Å². The molecule has 9 heavy (non-hydrogen) atoms. The van der Waals surface area contributed by atoms with Gasteiger partial charge in [0, 0.05) is 11.6 Å². The summed E-state index contributed by atoms with van der Waals surface area (Å²) < 4.78 is 0. The Bertz CT molecular complexity index is 89.6. The third-order valence-electron chi connectivity index (χ3n) is 2.03. The molecule has 1 aliphatic rings. The van der Waals surface area contributed by atoms with Crippen LogP contribution in [0.25, 0.3) is 0 Å². The van der Waals surface area contributed by atoms with Crippen LogP contribution >= 0.6 is 0 Å². The van der Waals surface area contributed by atoms with Gasteiger partial charge in [0.2, 0.25) is 0 Å². The van der Waals surface area contributed by atoms with E-state index in [1.165, 1.54) is 0 Å². The standard InChI is InChI=1S/C7H16N2/c1-3-9-7(2)4-6(8)5-7/h6,9H,3-5,8H2,1-2H3. The van der Waals surface area contributed by atoms with E-state index in [0.29, 0.717) is 11.6 Å². The summed E-state index contributed by atoms with van der Waals surface area (Å²) >= 11 is 0. The lowest BCUT2D eigenvalue weighted by Crippen LogP contribution is -2.58. The van der Waals surface area contributed by atoms with Crippen molar-refractivity contribution in [2.45, 2.75) is 38.3 Å². The summed E-state index contributed by atoms with van der Waals surface area (Å²) in [5.41, 5.74) is 6.01. The number of hydrogen-bond acceptors (Lipinski definition) is 2. The highest BCUT2D eigenvalue weighted by Crippen LogP contribution is 2.29. The molecular weight excluding hydrogens is 112 g/mol. The van der Waals surface area contributed by atoms with Gasteiger partial charge in [0.25, 0.3) is 0 Å². The molecule has 0 amide bonds. The minimum absolute atomic E-state index is 0.369. The van der Waals surface area contributed by atoms with Gasteiger partial charge in [0.05, 0.1) is 0 Å². The Morgan fingerprint density at radius 1 is 1.67 bits per heavy atom. The molecule has 0 bridgehead atoms. The molecule has 1 rings (SSSR count). The average molecular weight is 128 g/mol. The van der Waals surface area contributed by atoms with Gasteiger partial charge in [-0.2, -0.15) is 0 Å². The Hall–Kier alpha value is -0.0800. The SMILES string of the molecule is CCNC1(C)CC(N)C1. The molecule has 2 heteroatoms. The third-order valence-corrected chi connectivity index (χ3v) is 2.03. The number of nitrogens with one attached hydrogen (secondary N) is 1. The van der Waals surface area contributed by atoms with E-state index >= 15 is 0 Å². The fraction of sp³-hybridized carbons (Fsp3) is 1.00. The first-order valence-electron chi connectivity index (χ1n) is 3.67. The van der Waals surface area contributed by atoms with Crippen molar-refractivity contribution in [3.05, 3.63) is 0 Å². The average Bonchev–Trinajstić information content (AvgIpc) is 1.62. The molecule has 0 aromatic rings. The second-order valence-electron chi connectivity index (χ2n) is 3.26. The van der Waals surface area contributed by atoms with E-state index in [0.717, 1.165) is 19.4 Å². The van der Waals surface area contributed by atoms with Crippen LogP contribution in [0.3, 0.4) is 0 Å². The van der Waals surface area contributed by atoms with E-state index in [1.54, 1.807) is 0 Å². The van der Waals surface area contributed by atoms with Gasteiger partial charge in [-0.25, -0.2) is 0 Å². The van der Waals surface area contributed by atoms with Gasteiger partial charge < -0.3 is 11.1 Å². The molecule has 1 aliphatic carbocycles. The first-order chi connectivity index (χ1) is 4.16. The maximum absolute atomic E-state index is 5.64. The highest BCUT2D eigenvalue weighted by molar-refractivity contribution is 4.99. The smallest absolute Gasteiger partial charge is 0.0182 e. The molecular formula is C7H16N2. The van der Waals surface area contributed by atoms with Crippen LogP contribution in [0.4, 0.5) is 0 Å². The van der Waals surface area contributed by atoms with E-state index < -0.39 is 0 Å². The van der Waals surface area contributed by atoms with Gasteiger partial charge in [-0.1, -0.05) is 6.92 Å². The first-order valence-corrected chi connectivity index (χ1v) is 3.67. The molecule has 0 aromatic carbocycles. The zero-order valence-corrected chi connectivity index (χ0v) is 6.28. The Labute approximate surface area is 56.8 Å². The fourth-order valence-electron chi connectivity index (χ4n) is 1.67. The molecule has 2 nitrogen and oxygen atoms in total. The van der Waals surface area contributed by atoms with Crippen molar-refractivity contribution in [3.8, 4) is 0 Å². The summed E-state index contributed by atoms with van der Waals surface area (Å²) in [5.74, 6) is 0. The Balaban J connectivity index is 2.23. The molecule has 0 saturated heterocycles. The predicted octanol–water partition coefficient (Wildman–Crippen LogP) is 0.476. The van der Waals surface area contributed by atoms with E-state index in [2.05, 4.69) is 19.2 Å². The van der Waals surface area contributed by atoms with Crippen LogP contribution in [0.1, 0.15) is 26.7 Å². The topological polar surface area (TPSA) is 38.0 Å². The summed E-state index contributed by atoms with van der Waals surface area (Å²) in [5, 5.41) is 3.41. The molecule has 0 aliphatic heterocycles. The molecule has 1 fully saturated rings. The second-order valence-corrected chi connectivity index (χ2v) is 3.26. The Morgan fingerprint density at radius 2 is 2.22 bits per heavy atom. The predicted molar refractivity (Wildman–Crippen MR) is 39.3 cm³/mol. The van der Waals surface area contributed by atoms with Crippen LogP contribution in [0.2, 0.25) is 0 Å². The van der Waals surface area contributed by atoms with E-state index in [4.69, 9.17) is 5.73 Å². The van der Waals surface area contributed by atoms with E-state index in [-0.39, 0.29) is 0 Å². The van der Waals surface area contributed by atoms with Crippen molar-refractivity contribution < 1.29 is 0 Å². The third kappa shape index (κ3) is 1.43. The van der Waals surface area contributed by atoms with Crippen molar-refractivity contribution in [2.24, 2.45) is 5.73 Å². The zero-order valence-electron chi connectivity index (χ0n) is 6.28. The highest BCUT2D eigenvalue weighted by Gasteiger charge is 2.36. The monoisotopic (exact) mass is 128 g/mol. The number of nitrogens with two attached hydrogens (primary N) is 1. The molecule has 0 aromatic heterocycles. The normalized spacial score (nSPS) is 42.3. The van der Waals surface area contributed by atoms with Crippen LogP contribution in [-0.4, -0.2) is 18.1 Å². The Kier molecular flexibility index (Phi) is 1.78. The lowest BCUT2D eigenvalue weighted by Gasteiger charge is -2.44. The number of hydrogen-bond donors (Lipinski definition) is 2. The molecule has 0 atom stereocenters. The van der Waals surface area contributed by atoms with Crippen LogP contribution in [-0.2, 0) is 0 Å². The molecule has 54 valence electrons. The fourth-order valence-corrected chi connectivity index (χ4v) is 1.67. The summed E-state index contributed by atoms with van der Waals surface area (Å²) in [6, 6.07) is 0.453. The molecule has 3 N–H and O–H groups in total. The summed E-state index contributed by atoms with van der Waals surface area (Å²) in [6.45, 7) is 5.43. The molecule has 0 heterocycles. The Morgan fingerprint density at radius 3 is 2.56 bits per heavy atom. The van der Waals surface area contributed by atoms with Gasteiger partial charge >= 0.3 is 0 Å².